The molecule has 33 heavy (non-hydrogen) atoms. The van der Waals surface area contributed by atoms with Gasteiger partial charge in [0.1, 0.15) is 11.2 Å². The average Bonchev–Trinajstić information content (AvgIpc) is 3.19. The van der Waals surface area contributed by atoms with Crippen LogP contribution in [0.3, 0.4) is 0 Å². The van der Waals surface area contributed by atoms with Gasteiger partial charge in [0.2, 0.25) is 5.91 Å². The Morgan fingerprint density at radius 1 is 1.18 bits per heavy atom. The first-order valence-electron chi connectivity index (χ1n) is 9.90. The number of nitrogens with zero attached hydrogens (tertiary/aromatic N) is 1. The zero-order valence-electron chi connectivity index (χ0n) is 18.0. The van der Waals surface area contributed by atoms with Crippen molar-refractivity contribution in [1.82, 2.24) is 10.1 Å². The van der Waals surface area contributed by atoms with E-state index in [4.69, 9.17) is 9.26 Å². The van der Waals surface area contributed by atoms with E-state index in [0.717, 1.165) is 19.9 Å². The quantitative estimate of drug-likeness (QED) is 0.496. The van der Waals surface area contributed by atoms with Gasteiger partial charge in [-0.1, -0.05) is 17.3 Å². The second-order valence-corrected chi connectivity index (χ2v) is 7.75. The summed E-state index contributed by atoms with van der Waals surface area (Å²) in [6, 6.07) is 6.63. The summed E-state index contributed by atoms with van der Waals surface area (Å²) in [6.07, 6.45) is -3.54. The molecule has 176 valence electrons. The smallest absolute Gasteiger partial charge is 0.401 e. The predicted molar refractivity (Wildman–Crippen MR) is 112 cm³/mol. The van der Waals surface area contributed by atoms with Crippen LogP contribution >= 0.6 is 0 Å². The lowest BCUT2D eigenvalue weighted by atomic mass is 9.89. The van der Waals surface area contributed by atoms with Crippen LogP contribution in [0.4, 0.5) is 23.4 Å². The molecule has 0 saturated carbocycles. The molecule has 1 amide bonds. The number of ether oxygens (including phenoxy) is 1. The van der Waals surface area contributed by atoms with E-state index in [-0.39, 0.29) is 30.2 Å². The van der Waals surface area contributed by atoms with Gasteiger partial charge in [0.05, 0.1) is 13.0 Å². The van der Waals surface area contributed by atoms with Crippen molar-refractivity contribution in [3.05, 3.63) is 64.0 Å². The topological polar surface area (TPSA) is 97.2 Å². The molecule has 0 spiro atoms. The van der Waals surface area contributed by atoms with Crippen LogP contribution in [-0.2, 0) is 16.6 Å². The SMILES string of the molecule is CCOc1cc(-c2ccc(CC(=O)Nc3cc(C(C)(C)C(F)(F)F)on3)c(F)c2)c[nH]c1=O. The van der Waals surface area contributed by atoms with Crippen molar-refractivity contribution in [3.63, 3.8) is 0 Å². The molecule has 2 aromatic heterocycles. The third kappa shape index (κ3) is 5.24. The number of hydrogen-bond donors (Lipinski definition) is 2. The van der Waals surface area contributed by atoms with Gasteiger partial charge in [-0.15, -0.1) is 0 Å². The molecule has 3 rings (SSSR count). The molecule has 2 N–H and O–H groups in total. The Kier molecular flexibility index (Phi) is 6.61. The minimum atomic E-state index is -4.58. The largest absolute Gasteiger partial charge is 0.488 e. The number of pyridine rings is 1. The van der Waals surface area contributed by atoms with Crippen LogP contribution in [0.5, 0.6) is 5.75 Å². The van der Waals surface area contributed by atoms with Crippen molar-refractivity contribution in [2.75, 3.05) is 11.9 Å². The molecule has 11 heteroatoms. The Balaban J connectivity index is 1.72. The number of amides is 1. The van der Waals surface area contributed by atoms with E-state index >= 15 is 0 Å². The highest BCUT2D eigenvalue weighted by Crippen LogP contribution is 2.41. The summed E-state index contributed by atoms with van der Waals surface area (Å²) in [5.41, 5.74) is -1.69. The van der Waals surface area contributed by atoms with Gasteiger partial charge in [-0.3, -0.25) is 9.59 Å². The molecule has 2 heterocycles. The zero-order valence-corrected chi connectivity index (χ0v) is 18.0. The monoisotopic (exact) mass is 467 g/mol. The summed E-state index contributed by atoms with van der Waals surface area (Å²) in [5.74, 6) is -1.94. The first-order valence-corrected chi connectivity index (χ1v) is 9.90. The van der Waals surface area contributed by atoms with Gasteiger partial charge in [-0.05, 0) is 44.0 Å². The molecule has 0 saturated heterocycles. The summed E-state index contributed by atoms with van der Waals surface area (Å²) in [6.45, 7) is 3.86. The number of H-pyrrole nitrogens is 1. The number of aromatic amines is 1. The molecule has 0 aliphatic heterocycles. The van der Waals surface area contributed by atoms with Gasteiger partial charge in [0.25, 0.3) is 5.56 Å². The summed E-state index contributed by atoms with van der Waals surface area (Å²) < 4.78 is 63.9. The van der Waals surface area contributed by atoms with Crippen molar-refractivity contribution in [3.8, 4) is 16.9 Å². The Morgan fingerprint density at radius 2 is 1.91 bits per heavy atom. The summed E-state index contributed by atoms with van der Waals surface area (Å²) in [5, 5.41) is 5.74. The molecular formula is C22H21F4N3O4. The number of alkyl halides is 3. The number of nitrogens with one attached hydrogen (secondary N) is 2. The second kappa shape index (κ2) is 9.08. The number of rotatable bonds is 7. The molecule has 0 atom stereocenters. The molecule has 0 unspecified atom stereocenters. The third-order valence-corrected chi connectivity index (χ3v) is 5.01. The third-order valence-electron chi connectivity index (χ3n) is 5.01. The van der Waals surface area contributed by atoms with Gasteiger partial charge in [0.15, 0.2) is 17.3 Å². The Labute approximate surface area is 185 Å². The van der Waals surface area contributed by atoms with Crippen LogP contribution in [0.25, 0.3) is 11.1 Å². The molecular weight excluding hydrogens is 446 g/mol. The Hall–Kier alpha value is -3.63. The molecule has 0 radical (unpaired) electrons. The van der Waals surface area contributed by atoms with Crippen LogP contribution in [0.2, 0.25) is 0 Å². The number of halogens is 4. The molecule has 0 aliphatic carbocycles. The number of carbonyl (C=O) groups excluding carboxylic acids is 1. The molecule has 0 bridgehead atoms. The highest BCUT2D eigenvalue weighted by Gasteiger charge is 2.51. The van der Waals surface area contributed by atoms with E-state index in [1.165, 1.54) is 24.4 Å². The number of hydrogen-bond acceptors (Lipinski definition) is 5. The minimum Gasteiger partial charge on any atom is -0.488 e. The van der Waals surface area contributed by atoms with Crippen LogP contribution in [0.1, 0.15) is 32.1 Å². The van der Waals surface area contributed by atoms with Crippen LogP contribution in [-0.4, -0.2) is 28.8 Å². The summed E-state index contributed by atoms with van der Waals surface area (Å²) >= 11 is 0. The number of anilines is 1. The summed E-state index contributed by atoms with van der Waals surface area (Å²) in [4.78, 5) is 26.5. The van der Waals surface area contributed by atoms with Crippen LogP contribution in [0.15, 0.2) is 45.8 Å². The fraction of sp³-hybridized carbons (Fsp3) is 0.318. The number of benzene rings is 1. The average molecular weight is 467 g/mol. The van der Waals surface area contributed by atoms with E-state index < -0.39 is 34.6 Å². The first kappa shape index (κ1) is 24.0. The highest BCUT2D eigenvalue weighted by molar-refractivity contribution is 5.91. The maximum atomic E-state index is 14.6. The van der Waals surface area contributed by atoms with Gasteiger partial charge < -0.3 is 19.6 Å². The van der Waals surface area contributed by atoms with E-state index in [1.54, 1.807) is 13.0 Å². The van der Waals surface area contributed by atoms with Gasteiger partial charge >= 0.3 is 6.18 Å². The van der Waals surface area contributed by atoms with Crippen LogP contribution in [0, 0.1) is 5.82 Å². The van der Waals surface area contributed by atoms with E-state index in [1.807, 2.05) is 0 Å². The molecule has 3 aromatic rings. The second-order valence-electron chi connectivity index (χ2n) is 7.75. The lowest BCUT2D eigenvalue weighted by Gasteiger charge is -2.24. The van der Waals surface area contributed by atoms with Gasteiger partial charge in [-0.2, -0.15) is 13.2 Å². The standard InChI is InChI=1S/C22H21F4N3O4/c1-4-32-16-8-14(11-27-20(16)31)12-5-6-13(15(23)7-12)9-19(30)28-18-10-17(33-29-18)21(2,3)22(24,25)26/h5-8,10-11H,4,9H2,1-3H3,(H,27,31)(H,28,29,30). The van der Waals surface area contributed by atoms with Crippen LogP contribution < -0.4 is 15.6 Å². The highest BCUT2D eigenvalue weighted by atomic mass is 19.4. The maximum Gasteiger partial charge on any atom is 0.401 e. The van der Waals surface area contributed by atoms with E-state index in [0.29, 0.717) is 11.1 Å². The lowest BCUT2D eigenvalue weighted by Crippen LogP contribution is -2.35. The predicted octanol–water partition coefficient (Wildman–Crippen LogP) is 4.59. The van der Waals surface area contributed by atoms with Crippen molar-refractivity contribution in [2.24, 2.45) is 0 Å². The normalized spacial score (nSPS) is 12.0. The lowest BCUT2D eigenvalue weighted by molar-refractivity contribution is -0.185. The van der Waals surface area contributed by atoms with Crippen molar-refractivity contribution < 1.29 is 31.6 Å². The molecule has 0 aliphatic rings. The fourth-order valence-electron chi connectivity index (χ4n) is 2.89. The number of carbonyl (C=O) groups is 1. The molecule has 1 aromatic carbocycles. The van der Waals surface area contributed by atoms with E-state index in [9.17, 15) is 27.2 Å². The van der Waals surface area contributed by atoms with Gasteiger partial charge in [0, 0.05) is 17.8 Å². The fourth-order valence-corrected chi connectivity index (χ4v) is 2.89. The Morgan fingerprint density at radius 3 is 2.55 bits per heavy atom. The first-order chi connectivity index (χ1) is 15.4. The van der Waals surface area contributed by atoms with Crippen molar-refractivity contribution in [2.45, 2.75) is 38.8 Å². The van der Waals surface area contributed by atoms with Crippen molar-refractivity contribution in [1.29, 1.82) is 0 Å². The Bertz CT molecular complexity index is 1210. The molecule has 0 fully saturated rings. The summed E-state index contributed by atoms with van der Waals surface area (Å²) in [7, 11) is 0. The van der Waals surface area contributed by atoms with E-state index in [2.05, 4.69) is 15.5 Å². The van der Waals surface area contributed by atoms with Crippen molar-refractivity contribution >= 4 is 11.7 Å². The zero-order chi connectivity index (χ0) is 24.4. The minimum absolute atomic E-state index is 0.0602. The molecule has 7 nitrogen and oxygen atoms in total. The maximum absolute atomic E-state index is 14.6. The number of aromatic nitrogens is 2. The van der Waals surface area contributed by atoms with Gasteiger partial charge in [-0.25, -0.2) is 4.39 Å².